The number of benzene rings is 1. The molecule has 0 spiro atoms. The Morgan fingerprint density at radius 1 is 1.22 bits per heavy atom. The SMILES string of the molecule is CC(C)NC(=O)C(C)NC(=O)C1CC(c2ccc(Cl)cc2)=NO1. The Kier molecular flexibility index (Phi) is 5.60. The van der Waals surface area contributed by atoms with Gasteiger partial charge in [-0.05, 0) is 38.5 Å². The van der Waals surface area contributed by atoms with E-state index >= 15 is 0 Å². The fourth-order valence-electron chi connectivity index (χ4n) is 2.11. The van der Waals surface area contributed by atoms with Gasteiger partial charge in [-0.1, -0.05) is 28.9 Å². The van der Waals surface area contributed by atoms with Gasteiger partial charge in [0.2, 0.25) is 12.0 Å². The van der Waals surface area contributed by atoms with Crippen molar-refractivity contribution in [3.63, 3.8) is 0 Å². The lowest BCUT2D eigenvalue weighted by Gasteiger charge is -2.17. The lowest BCUT2D eigenvalue weighted by atomic mass is 10.0. The van der Waals surface area contributed by atoms with Gasteiger partial charge in [-0.15, -0.1) is 0 Å². The summed E-state index contributed by atoms with van der Waals surface area (Å²) in [5.41, 5.74) is 1.54. The molecule has 0 saturated heterocycles. The van der Waals surface area contributed by atoms with Crippen molar-refractivity contribution in [2.24, 2.45) is 5.16 Å². The number of oxime groups is 1. The molecule has 0 saturated carbocycles. The molecule has 1 aromatic carbocycles. The van der Waals surface area contributed by atoms with E-state index < -0.39 is 12.1 Å². The van der Waals surface area contributed by atoms with Crippen LogP contribution in [-0.2, 0) is 14.4 Å². The maximum absolute atomic E-state index is 12.2. The number of carbonyl (C=O) groups is 2. The first-order valence-corrected chi connectivity index (χ1v) is 7.84. The van der Waals surface area contributed by atoms with Crippen LogP contribution in [0.2, 0.25) is 5.02 Å². The molecule has 0 bridgehead atoms. The zero-order valence-electron chi connectivity index (χ0n) is 13.3. The predicted molar refractivity (Wildman–Crippen MR) is 88.4 cm³/mol. The van der Waals surface area contributed by atoms with Gasteiger partial charge in [-0.25, -0.2) is 0 Å². The third-order valence-electron chi connectivity index (χ3n) is 3.32. The standard InChI is InChI=1S/C16H20ClN3O3/c1-9(2)18-15(21)10(3)19-16(22)14-8-13(20-23-14)11-4-6-12(17)7-5-11/h4-7,9-10,14H,8H2,1-3H3,(H,18,21)(H,19,22). The zero-order chi connectivity index (χ0) is 17.0. The molecule has 2 amide bonds. The van der Waals surface area contributed by atoms with E-state index in [4.69, 9.17) is 16.4 Å². The van der Waals surface area contributed by atoms with Crippen molar-refractivity contribution in [2.75, 3.05) is 0 Å². The van der Waals surface area contributed by atoms with Gasteiger partial charge in [0.25, 0.3) is 5.91 Å². The lowest BCUT2D eigenvalue weighted by molar-refractivity contribution is -0.135. The zero-order valence-corrected chi connectivity index (χ0v) is 14.1. The summed E-state index contributed by atoms with van der Waals surface area (Å²) < 4.78 is 0. The minimum atomic E-state index is -0.727. The molecule has 0 aliphatic carbocycles. The van der Waals surface area contributed by atoms with Crippen molar-refractivity contribution < 1.29 is 14.4 Å². The van der Waals surface area contributed by atoms with Crippen LogP contribution in [0, 0.1) is 0 Å². The van der Waals surface area contributed by atoms with E-state index in [2.05, 4.69) is 15.8 Å². The largest absolute Gasteiger partial charge is 0.382 e. The van der Waals surface area contributed by atoms with E-state index in [0.717, 1.165) is 5.56 Å². The molecule has 2 unspecified atom stereocenters. The number of halogens is 1. The second-order valence-electron chi connectivity index (χ2n) is 5.74. The number of carbonyl (C=O) groups excluding carboxylic acids is 2. The maximum Gasteiger partial charge on any atom is 0.264 e. The minimum Gasteiger partial charge on any atom is -0.382 e. The monoisotopic (exact) mass is 337 g/mol. The first kappa shape index (κ1) is 17.3. The molecule has 23 heavy (non-hydrogen) atoms. The van der Waals surface area contributed by atoms with Gasteiger partial charge < -0.3 is 15.5 Å². The second kappa shape index (κ2) is 7.46. The molecule has 0 aromatic heterocycles. The van der Waals surface area contributed by atoms with Gasteiger partial charge in [0.1, 0.15) is 6.04 Å². The third kappa shape index (κ3) is 4.69. The molecule has 7 heteroatoms. The summed E-state index contributed by atoms with van der Waals surface area (Å²) in [6.45, 7) is 5.35. The van der Waals surface area contributed by atoms with Crippen LogP contribution >= 0.6 is 11.6 Å². The minimum absolute atomic E-state index is 0.0180. The molecule has 1 aliphatic heterocycles. The molecule has 0 fully saturated rings. The summed E-state index contributed by atoms with van der Waals surface area (Å²) >= 11 is 5.85. The summed E-state index contributed by atoms with van der Waals surface area (Å²) in [5.74, 6) is -0.589. The Balaban J connectivity index is 1.88. The van der Waals surface area contributed by atoms with Crippen LogP contribution in [0.25, 0.3) is 0 Å². The molecular formula is C16H20ClN3O3. The van der Waals surface area contributed by atoms with Crippen molar-refractivity contribution in [3.05, 3.63) is 34.9 Å². The maximum atomic E-state index is 12.2. The van der Waals surface area contributed by atoms with Crippen LogP contribution in [-0.4, -0.2) is 35.7 Å². The average molecular weight is 338 g/mol. The van der Waals surface area contributed by atoms with Crippen molar-refractivity contribution >= 4 is 29.1 Å². The van der Waals surface area contributed by atoms with Crippen molar-refractivity contribution in [1.82, 2.24) is 10.6 Å². The molecule has 1 aliphatic rings. The Morgan fingerprint density at radius 2 is 1.87 bits per heavy atom. The highest BCUT2D eigenvalue weighted by Gasteiger charge is 2.30. The number of nitrogens with zero attached hydrogens (tertiary/aromatic N) is 1. The van der Waals surface area contributed by atoms with Gasteiger partial charge in [0.05, 0.1) is 5.71 Å². The summed E-state index contributed by atoms with van der Waals surface area (Å²) in [6.07, 6.45) is -0.374. The van der Waals surface area contributed by atoms with Crippen molar-refractivity contribution in [3.8, 4) is 0 Å². The highest BCUT2D eigenvalue weighted by atomic mass is 35.5. The summed E-state index contributed by atoms with van der Waals surface area (Å²) in [7, 11) is 0. The highest BCUT2D eigenvalue weighted by molar-refractivity contribution is 6.30. The van der Waals surface area contributed by atoms with Crippen LogP contribution < -0.4 is 10.6 Å². The molecule has 1 aromatic rings. The predicted octanol–water partition coefficient (Wildman–Crippen LogP) is 1.86. The van der Waals surface area contributed by atoms with Crippen LogP contribution in [0.15, 0.2) is 29.4 Å². The summed E-state index contributed by atoms with van der Waals surface area (Å²) in [5, 5.41) is 9.96. The van der Waals surface area contributed by atoms with Gasteiger partial charge in [-0.2, -0.15) is 0 Å². The first-order chi connectivity index (χ1) is 10.9. The number of hydrogen-bond acceptors (Lipinski definition) is 4. The van der Waals surface area contributed by atoms with E-state index in [-0.39, 0.29) is 17.9 Å². The van der Waals surface area contributed by atoms with E-state index in [1.165, 1.54) is 0 Å². The highest BCUT2D eigenvalue weighted by Crippen LogP contribution is 2.18. The summed E-state index contributed by atoms with van der Waals surface area (Å²) in [6, 6.07) is 6.54. The Labute approximate surface area is 140 Å². The smallest absolute Gasteiger partial charge is 0.264 e. The van der Waals surface area contributed by atoms with Gasteiger partial charge in [-0.3, -0.25) is 9.59 Å². The number of nitrogens with one attached hydrogen (secondary N) is 2. The van der Waals surface area contributed by atoms with Crippen molar-refractivity contribution in [1.29, 1.82) is 0 Å². The topological polar surface area (TPSA) is 79.8 Å². The van der Waals surface area contributed by atoms with E-state index in [1.807, 2.05) is 26.0 Å². The van der Waals surface area contributed by atoms with Crippen LogP contribution in [0.1, 0.15) is 32.8 Å². The Morgan fingerprint density at radius 3 is 2.48 bits per heavy atom. The van der Waals surface area contributed by atoms with Crippen LogP contribution in [0.3, 0.4) is 0 Å². The van der Waals surface area contributed by atoms with Crippen molar-refractivity contribution in [2.45, 2.75) is 45.4 Å². The van der Waals surface area contributed by atoms with Crippen LogP contribution in [0.5, 0.6) is 0 Å². The average Bonchev–Trinajstić information content (AvgIpc) is 2.97. The Hall–Kier alpha value is -2.08. The Bertz CT molecular complexity index is 614. The molecule has 0 radical (unpaired) electrons. The van der Waals surface area contributed by atoms with E-state index in [0.29, 0.717) is 17.2 Å². The molecule has 124 valence electrons. The second-order valence-corrected chi connectivity index (χ2v) is 6.17. The number of hydrogen-bond donors (Lipinski definition) is 2. The van der Waals surface area contributed by atoms with E-state index in [1.54, 1.807) is 19.1 Å². The third-order valence-corrected chi connectivity index (χ3v) is 3.57. The normalized spacial score (nSPS) is 18.1. The van der Waals surface area contributed by atoms with Crippen LogP contribution in [0.4, 0.5) is 0 Å². The number of rotatable bonds is 5. The molecule has 6 nitrogen and oxygen atoms in total. The van der Waals surface area contributed by atoms with E-state index in [9.17, 15) is 9.59 Å². The first-order valence-electron chi connectivity index (χ1n) is 7.46. The number of amides is 2. The summed E-state index contributed by atoms with van der Waals surface area (Å²) in [4.78, 5) is 29.2. The van der Waals surface area contributed by atoms with Gasteiger partial charge in [0, 0.05) is 17.5 Å². The molecule has 2 N–H and O–H groups in total. The van der Waals surface area contributed by atoms with Gasteiger partial charge in [0.15, 0.2) is 0 Å². The van der Waals surface area contributed by atoms with Gasteiger partial charge >= 0.3 is 0 Å². The fourth-order valence-corrected chi connectivity index (χ4v) is 2.24. The molecular weight excluding hydrogens is 318 g/mol. The molecule has 1 heterocycles. The molecule has 2 atom stereocenters. The quantitative estimate of drug-likeness (QED) is 0.860. The lowest BCUT2D eigenvalue weighted by Crippen LogP contribution is -2.49. The fraction of sp³-hybridized carbons (Fsp3) is 0.438. The molecule has 2 rings (SSSR count).